The van der Waals surface area contributed by atoms with Crippen LogP contribution in [0, 0.1) is 0 Å². The third kappa shape index (κ3) is 5.12. The second-order valence-electron chi connectivity index (χ2n) is 7.51. The Morgan fingerprint density at radius 1 is 1.23 bits per heavy atom. The van der Waals surface area contributed by atoms with Crippen molar-refractivity contribution in [1.29, 1.82) is 0 Å². The van der Waals surface area contributed by atoms with Gasteiger partial charge in [0.1, 0.15) is 46.9 Å². The van der Waals surface area contributed by atoms with Gasteiger partial charge in [0.15, 0.2) is 5.76 Å². The highest BCUT2D eigenvalue weighted by molar-refractivity contribution is 8.00. The number of furan rings is 1. The highest BCUT2D eigenvalue weighted by Crippen LogP contribution is 2.40. The molecule has 13 heteroatoms. The topological polar surface area (TPSA) is 135 Å². The maximum absolute atomic E-state index is 12.7. The van der Waals surface area contributed by atoms with E-state index in [2.05, 4.69) is 5.32 Å². The van der Waals surface area contributed by atoms with Crippen molar-refractivity contribution in [2.75, 3.05) is 12.4 Å². The van der Waals surface area contributed by atoms with Gasteiger partial charge in [0.05, 0.1) is 5.02 Å². The van der Waals surface area contributed by atoms with Crippen LogP contribution in [0.4, 0.5) is 0 Å². The molecule has 1 fully saturated rings. The number of amides is 2. The van der Waals surface area contributed by atoms with E-state index < -0.39 is 35.2 Å². The van der Waals surface area contributed by atoms with Crippen LogP contribution >= 0.6 is 35.0 Å². The normalized spacial score (nSPS) is 19.1. The smallest absolute Gasteiger partial charge is 0.352 e. The summed E-state index contributed by atoms with van der Waals surface area (Å²) in [6.45, 7) is 0.966. The van der Waals surface area contributed by atoms with E-state index in [0.717, 1.165) is 4.90 Å². The number of thioether (sulfide) groups is 1. The number of β-lactam (4-membered cyclic amide) rings is 1. The summed E-state index contributed by atoms with van der Waals surface area (Å²) in [5.41, 5.74) is 0.0742. The van der Waals surface area contributed by atoms with Crippen LogP contribution in [0.3, 0.4) is 0 Å². The number of rotatable bonds is 8. The number of nitrogens with one attached hydrogen (secondary N) is 1. The first-order valence-electron chi connectivity index (χ1n) is 10.2. The lowest BCUT2D eigenvalue weighted by molar-refractivity contribution is -0.149. The first-order chi connectivity index (χ1) is 16.7. The fourth-order valence-corrected chi connectivity index (χ4v) is 5.19. The van der Waals surface area contributed by atoms with E-state index in [-0.39, 0.29) is 35.4 Å². The fourth-order valence-electron chi connectivity index (χ4n) is 3.52. The number of carboxylic acid groups (broad SMARTS) is 1. The predicted molar refractivity (Wildman–Crippen MR) is 125 cm³/mol. The van der Waals surface area contributed by atoms with Crippen molar-refractivity contribution in [2.45, 2.75) is 24.9 Å². The zero-order valence-electron chi connectivity index (χ0n) is 18.1. The van der Waals surface area contributed by atoms with E-state index in [4.69, 9.17) is 37.1 Å². The van der Waals surface area contributed by atoms with Crippen LogP contribution in [0.25, 0.3) is 0 Å². The average Bonchev–Trinajstić information content (AvgIpc) is 3.30. The van der Waals surface area contributed by atoms with Crippen molar-refractivity contribution in [3.8, 4) is 5.75 Å². The number of esters is 1. The number of carbonyl (C=O) groups is 4. The molecule has 2 amide bonds. The molecule has 1 saturated heterocycles. The summed E-state index contributed by atoms with van der Waals surface area (Å²) >= 11 is 13.3. The molecule has 2 aliphatic heterocycles. The largest absolute Gasteiger partial charge is 0.484 e. The van der Waals surface area contributed by atoms with Gasteiger partial charge < -0.3 is 24.3 Å². The molecular weight excluding hydrogens is 523 g/mol. The van der Waals surface area contributed by atoms with E-state index in [1.54, 1.807) is 24.3 Å². The quantitative estimate of drug-likeness (QED) is 0.382. The van der Waals surface area contributed by atoms with Gasteiger partial charge in [0.25, 0.3) is 11.8 Å². The first kappa shape index (κ1) is 25.0. The molecule has 0 bridgehead atoms. The number of hydrogen-bond donors (Lipinski definition) is 2. The van der Waals surface area contributed by atoms with Gasteiger partial charge in [0.2, 0.25) is 0 Å². The van der Waals surface area contributed by atoms with Crippen LogP contribution in [-0.2, 0) is 25.7 Å². The van der Waals surface area contributed by atoms with E-state index in [1.165, 1.54) is 24.8 Å². The fraction of sp³-hybridized carbons (Fsp3) is 0.273. The van der Waals surface area contributed by atoms with Crippen molar-refractivity contribution in [3.05, 3.63) is 63.2 Å². The molecule has 0 spiro atoms. The van der Waals surface area contributed by atoms with E-state index >= 15 is 0 Å². The van der Waals surface area contributed by atoms with Crippen molar-refractivity contribution in [2.24, 2.45) is 0 Å². The molecule has 2 atom stereocenters. The Labute approximate surface area is 213 Å². The van der Waals surface area contributed by atoms with Crippen molar-refractivity contribution < 1.29 is 38.2 Å². The second kappa shape index (κ2) is 10.2. The number of hydrogen-bond acceptors (Lipinski definition) is 8. The van der Waals surface area contributed by atoms with Crippen molar-refractivity contribution >= 4 is 58.7 Å². The number of ether oxygens (including phenoxy) is 2. The van der Waals surface area contributed by atoms with Gasteiger partial charge in [-0.25, -0.2) is 4.79 Å². The summed E-state index contributed by atoms with van der Waals surface area (Å²) in [6.07, 6.45) is 0. The molecule has 0 saturated carbocycles. The van der Waals surface area contributed by atoms with E-state index in [1.807, 2.05) is 0 Å². The summed E-state index contributed by atoms with van der Waals surface area (Å²) in [5, 5.41) is 12.2. The molecule has 184 valence electrons. The standard InChI is InChI=1S/C22H18Cl2N2O8S/c1-10(27)32-7-11-9-35-21-17(20(29)26(21)18(11)22(30)31)25-19(28)15-6-5-12(34-15)8-33-14-4-2-3-13(23)16(14)24/h2-6,17,21H,7-9H2,1H3,(H,25,28)(H,30,31)/t17-,21+/m1/s1. The van der Waals surface area contributed by atoms with Crippen molar-refractivity contribution in [1.82, 2.24) is 10.2 Å². The van der Waals surface area contributed by atoms with Crippen LogP contribution in [0.5, 0.6) is 5.75 Å². The number of benzene rings is 1. The zero-order chi connectivity index (χ0) is 25.3. The summed E-state index contributed by atoms with van der Waals surface area (Å²) in [4.78, 5) is 49.3. The summed E-state index contributed by atoms with van der Waals surface area (Å²) < 4.78 is 16.0. The molecule has 0 aliphatic carbocycles. The number of aliphatic carboxylic acids is 1. The Morgan fingerprint density at radius 3 is 2.71 bits per heavy atom. The van der Waals surface area contributed by atoms with Gasteiger partial charge in [-0.15, -0.1) is 11.8 Å². The van der Waals surface area contributed by atoms with Gasteiger partial charge in [-0.1, -0.05) is 29.3 Å². The Balaban J connectivity index is 1.39. The van der Waals surface area contributed by atoms with Gasteiger partial charge in [-0.3, -0.25) is 19.3 Å². The predicted octanol–water partition coefficient (Wildman–Crippen LogP) is 3.08. The Morgan fingerprint density at radius 2 is 2.00 bits per heavy atom. The minimum Gasteiger partial charge on any atom is -0.484 e. The molecule has 0 radical (unpaired) electrons. The third-order valence-corrected chi connectivity index (χ3v) is 7.30. The van der Waals surface area contributed by atoms with Crippen LogP contribution in [0.1, 0.15) is 23.2 Å². The van der Waals surface area contributed by atoms with Crippen molar-refractivity contribution in [3.63, 3.8) is 0 Å². The van der Waals surface area contributed by atoms with Gasteiger partial charge in [-0.2, -0.15) is 0 Å². The van der Waals surface area contributed by atoms with Crippen LogP contribution in [-0.4, -0.2) is 57.5 Å². The molecule has 4 rings (SSSR count). The lowest BCUT2D eigenvalue weighted by atomic mass is 10.0. The Hall–Kier alpha value is -3.15. The molecule has 0 unspecified atom stereocenters. The molecule has 1 aromatic carbocycles. The molecule has 3 heterocycles. The van der Waals surface area contributed by atoms with E-state index in [0.29, 0.717) is 22.1 Å². The SMILES string of the molecule is CC(=O)OCC1=C(C(=O)O)N2C(=O)[C@@H](NC(=O)c3ccc(COc4cccc(Cl)c4Cl)o3)[C@@H]2SC1. The minimum absolute atomic E-state index is 0.0141. The average molecular weight is 541 g/mol. The number of carbonyl (C=O) groups excluding carboxylic acids is 3. The Kier molecular flexibility index (Phi) is 7.29. The van der Waals surface area contributed by atoms with E-state index in [9.17, 15) is 24.3 Å². The maximum atomic E-state index is 12.7. The molecule has 2 aromatic rings. The monoisotopic (exact) mass is 540 g/mol. The zero-order valence-corrected chi connectivity index (χ0v) is 20.4. The third-order valence-electron chi connectivity index (χ3n) is 5.16. The Bertz CT molecular complexity index is 1240. The van der Waals surface area contributed by atoms with Crippen LogP contribution in [0.15, 0.2) is 46.0 Å². The van der Waals surface area contributed by atoms with Gasteiger partial charge in [0, 0.05) is 18.2 Å². The minimum atomic E-state index is -1.31. The van der Waals surface area contributed by atoms with Gasteiger partial charge in [-0.05, 0) is 24.3 Å². The molecule has 2 N–H and O–H groups in total. The second-order valence-corrected chi connectivity index (χ2v) is 9.40. The molecular formula is C22H18Cl2N2O8S. The molecule has 10 nitrogen and oxygen atoms in total. The summed E-state index contributed by atoms with van der Waals surface area (Å²) in [7, 11) is 0. The van der Waals surface area contributed by atoms with Crippen LogP contribution < -0.4 is 10.1 Å². The van der Waals surface area contributed by atoms with Gasteiger partial charge >= 0.3 is 11.9 Å². The molecule has 2 aliphatic rings. The molecule has 35 heavy (non-hydrogen) atoms. The highest BCUT2D eigenvalue weighted by Gasteiger charge is 2.54. The highest BCUT2D eigenvalue weighted by atomic mass is 35.5. The maximum Gasteiger partial charge on any atom is 0.352 e. The first-order valence-corrected chi connectivity index (χ1v) is 12.0. The molecule has 1 aromatic heterocycles. The summed E-state index contributed by atoms with van der Waals surface area (Å²) in [5.74, 6) is -2.22. The van der Waals surface area contributed by atoms with Crippen LogP contribution in [0.2, 0.25) is 10.0 Å². The number of carboxylic acids is 1. The lowest BCUT2D eigenvalue weighted by Crippen LogP contribution is -2.70. The number of halogens is 2. The number of nitrogens with zero attached hydrogens (tertiary/aromatic N) is 1. The summed E-state index contributed by atoms with van der Waals surface area (Å²) in [6, 6.07) is 6.98. The number of fused-ring (bicyclic) bond motifs is 1. The lowest BCUT2D eigenvalue weighted by Gasteiger charge is -2.49.